The van der Waals surface area contributed by atoms with E-state index >= 15 is 0 Å². The summed E-state index contributed by atoms with van der Waals surface area (Å²) >= 11 is 0. The van der Waals surface area contributed by atoms with Gasteiger partial charge in [0.2, 0.25) is 0 Å². The van der Waals surface area contributed by atoms with E-state index in [0.29, 0.717) is 0 Å². The minimum absolute atomic E-state index is 0. The number of piperazine rings is 3. The Labute approximate surface area is 159 Å². The van der Waals surface area contributed by atoms with Crippen LogP contribution in [0.3, 0.4) is 0 Å². The number of nitrogens with zero attached hydrogens (tertiary/aromatic N) is 2. The first-order valence-corrected chi connectivity index (χ1v) is 8.58. The van der Waals surface area contributed by atoms with Crippen LogP contribution in [0.4, 0.5) is 9.59 Å². The van der Waals surface area contributed by atoms with E-state index in [1.54, 1.807) is 0 Å². The average molecular weight is 400 g/mol. The van der Waals surface area contributed by atoms with Crippen LogP contribution in [0.5, 0.6) is 0 Å². The molecule has 0 saturated carbocycles. The number of nitrogens with one attached hydrogen (secondary N) is 2. The van der Waals surface area contributed by atoms with E-state index in [0.717, 1.165) is 9.80 Å². The normalized spacial score (nSPS) is 18.5. The smallest absolute Gasteiger partial charge is 0.137 e. The van der Waals surface area contributed by atoms with Crippen molar-refractivity contribution in [2.75, 3.05) is 78.5 Å². The predicted molar refractivity (Wildman–Crippen MR) is 93.8 cm³/mol. The van der Waals surface area contributed by atoms with Crippen LogP contribution in [-0.2, 0) is 0 Å². The lowest BCUT2D eigenvalue weighted by Gasteiger charge is -2.37. The Morgan fingerprint density at radius 3 is 1.00 bits per heavy atom. The molecule has 13 nitrogen and oxygen atoms in total. The van der Waals surface area contributed by atoms with Crippen molar-refractivity contribution < 1.29 is 46.9 Å². The monoisotopic (exact) mass is 400 g/mol. The molecule has 12 N–H and O–H groups in total. The summed E-state index contributed by atoms with van der Waals surface area (Å²) in [6, 6.07) is 0. The SMILES string of the molecule is C1C[NH2+]CCN1.C1C[NH2+]CCN1.O.O.O.O=C([O-])N1CCN(C(=O)[O-])CC1. The van der Waals surface area contributed by atoms with E-state index in [1.165, 1.54) is 52.4 Å². The number of hydrogen-bond donors (Lipinski definition) is 4. The first-order chi connectivity index (χ1) is 11.6. The third kappa shape index (κ3) is 15.1. The molecule has 13 heteroatoms. The molecule has 3 heterocycles. The van der Waals surface area contributed by atoms with Crippen molar-refractivity contribution in [3.05, 3.63) is 0 Å². The summed E-state index contributed by atoms with van der Waals surface area (Å²) in [5.41, 5.74) is 0. The van der Waals surface area contributed by atoms with E-state index in [2.05, 4.69) is 21.3 Å². The molecule has 0 atom stereocenters. The number of carboxylic acid groups (broad SMARTS) is 2. The topological polar surface area (TPSA) is 239 Å². The largest absolute Gasteiger partial charge is 0.530 e. The molecule has 0 aromatic heterocycles. The first kappa shape index (κ1) is 30.0. The van der Waals surface area contributed by atoms with Crippen molar-refractivity contribution in [3.8, 4) is 0 Å². The standard InChI is InChI=1S/C6H10N2O4.2C4H10N2.3H2O/c9-5(10)7-1-2-8(4-3-7)6(11)12;2*1-2-6-4-3-5-1;;;/h1-4H2,(H,9,10)(H,11,12);2*5-6H,1-4H2;3*1H2. The Bertz CT molecular complexity index is 305. The van der Waals surface area contributed by atoms with Crippen LogP contribution < -0.4 is 31.5 Å². The van der Waals surface area contributed by atoms with Crippen molar-refractivity contribution in [3.63, 3.8) is 0 Å². The van der Waals surface area contributed by atoms with Crippen LogP contribution >= 0.6 is 0 Å². The molecule has 0 spiro atoms. The molecule has 0 radical (unpaired) electrons. The molecule has 3 aliphatic heterocycles. The second-order valence-electron chi connectivity index (χ2n) is 5.74. The zero-order valence-electron chi connectivity index (χ0n) is 15.7. The Balaban J connectivity index is -0.000000329. The lowest BCUT2D eigenvalue weighted by Crippen LogP contribution is -2.89. The second-order valence-corrected chi connectivity index (χ2v) is 5.74. The van der Waals surface area contributed by atoms with Gasteiger partial charge in [-0.2, -0.15) is 0 Å². The van der Waals surface area contributed by atoms with Crippen LogP contribution in [-0.4, -0.2) is 117 Å². The van der Waals surface area contributed by atoms with Gasteiger partial charge in [-0.1, -0.05) is 0 Å². The fraction of sp³-hybridized carbons (Fsp3) is 0.857. The lowest BCUT2D eigenvalue weighted by molar-refractivity contribution is -0.657. The number of nitrogens with two attached hydrogens (primary N) is 2. The zero-order chi connectivity index (χ0) is 17.6. The molecule has 3 aliphatic rings. The molecule has 0 aliphatic carbocycles. The van der Waals surface area contributed by atoms with Crippen LogP contribution in [0, 0.1) is 0 Å². The van der Waals surface area contributed by atoms with Crippen LogP contribution in [0.25, 0.3) is 0 Å². The molecular formula is C14H36N6O7. The van der Waals surface area contributed by atoms with E-state index in [-0.39, 0.29) is 42.6 Å². The summed E-state index contributed by atoms with van der Waals surface area (Å²) < 4.78 is 0. The van der Waals surface area contributed by atoms with Crippen LogP contribution in [0.1, 0.15) is 0 Å². The molecule has 0 aromatic carbocycles. The van der Waals surface area contributed by atoms with Gasteiger partial charge >= 0.3 is 0 Å². The third-order valence-electron chi connectivity index (χ3n) is 3.90. The van der Waals surface area contributed by atoms with E-state index in [1.807, 2.05) is 0 Å². The third-order valence-corrected chi connectivity index (χ3v) is 3.90. The minimum Gasteiger partial charge on any atom is -0.530 e. The summed E-state index contributed by atoms with van der Waals surface area (Å²) in [6.07, 6.45) is -2.51. The quantitative estimate of drug-likeness (QED) is 0.307. The molecule has 3 rings (SSSR count). The second kappa shape index (κ2) is 19.0. The molecular weight excluding hydrogens is 364 g/mol. The first-order valence-electron chi connectivity index (χ1n) is 8.58. The Morgan fingerprint density at radius 1 is 0.630 bits per heavy atom. The van der Waals surface area contributed by atoms with Gasteiger partial charge in [-0.05, 0) is 0 Å². The summed E-state index contributed by atoms with van der Waals surface area (Å²) in [6.45, 7) is 10.5. The highest BCUT2D eigenvalue weighted by Crippen LogP contribution is 1.99. The van der Waals surface area contributed by atoms with E-state index < -0.39 is 12.2 Å². The fourth-order valence-corrected chi connectivity index (χ4v) is 2.43. The van der Waals surface area contributed by atoms with Gasteiger partial charge in [0.05, 0.1) is 26.2 Å². The van der Waals surface area contributed by atoms with Crippen molar-refractivity contribution >= 4 is 12.2 Å². The molecule has 164 valence electrons. The number of hydrogen-bond acceptors (Lipinski definition) is 6. The van der Waals surface area contributed by atoms with Crippen LogP contribution in [0.15, 0.2) is 0 Å². The van der Waals surface area contributed by atoms with Crippen molar-refractivity contribution in [1.82, 2.24) is 20.4 Å². The Kier molecular flexibility index (Phi) is 21.2. The number of rotatable bonds is 0. The highest BCUT2D eigenvalue weighted by molar-refractivity contribution is 5.65. The maximum Gasteiger partial charge on any atom is 0.137 e. The fourth-order valence-electron chi connectivity index (χ4n) is 2.43. The van der Waals surface area contributed by atoms with Gasteiger partial charge in [-0.3, -0.25) is 0 Å². The van der Waals surface area contributed by atoms with E-state index in [9.17, 15) is 19.8 Å². The maximum atomic E-state index is 10.3. The minimum atomic E-state index is -1.26. The van der Waals surface area contributed by atoms with Gasteiger partial charge in [0, 0.05) is 52.4 Å². The van der Waals surface area contributed by atoms with Gasteiger partial charge in [0.1, 0.15) is 12.2 Å². The molecule has 3 saturated heterocycles. The Hall–Kier alpha value is -1.74. The number of quaternary nitrogens is 2. The summed E-state index contributed by atoms with van der Waals surface area (Å²) in [5, 5.41) is 31.7. The van der Waals surface area contributed by atoms with E-state index in [4.69, 9.17) is 0 Å². The molecule has 3 fully saturated rings. The molecule has 27 heavy (non-hydrogen) atoms. The molecule has 0 bridgehead atoms. The number of amides is 2. The Morgan fingerprint density at radius 2 is 0.889 bits per heavy atom. The molecule has 2 amide bonds. The summed E-state index contributed by atoms with van der Waals surface area (Å²) in [5.74, 6) is 0. The van der Waals surface area contributed by atoms with Gasteiger partial charge in [0.25, 0.3) is 0 Å². The average Bonchev–Trinajstić information content (AvgIpc) is 2.65. The van der Waals surface area contributed by atoms with Gasteiger partial charge in [-0.25, -0.2) is 0 Å². The van der Waals surface area contributed by atoms with Crippen molar-refractivity contribution in [2.24, 2.45) is 0 Å². The molecule has 0 aromatic rings. The van der Waals surface area contributed by atoms with Gasteiger partial charge in [0.15, 0.2) is 0 Å². The number of carbonyl (C=O) groups excluding carboxylic acids is 2. The highest BCUT2D eigenvalue weighted by atomic mass is 16.4. The van der Waals surface area contributed by atoms with Crippen LogP contribution in [0.2, 0.25) is 0 Å². The number of carbonyl (C=O) groups is 2. The zero-order valence-corrected chi connectivity index (χ0v) is 15.7. The lowest BCUT2D eigenvalue weighted by atomic mass is 10.3. The van der Waals surface area contributed by atoms with Gasteiger partial charge in [-0.15, -0.1) is 0 Å². The van der Waals surface area contributed by atoms with Gasteiger partial charge < -0.3 is 67.3 Å². The van der Waals surface area contributed by atoms with Crippen molar-refractivity contribution in [2.45, 2.75) is 0 Å². The van der Waals surface area contributed by atoms with Crippen molar-refractivity contribution in [1.29, 1.82) is 0 Å². The maximum absolute atomic E-state index is 10.3. The predicted octanol–water partition coefficient (Wildman–Crippen LogP) is -8.88. The summed E-state index contributed by atoms with van der Waals surface area (Å²) in [7, 11) is 0. The molecule has 0 unspecified atom stereocenters. The summed E-state index contributed by atoms with van der Waals surface area (Å²) in [4.78, 5) is 22.7. The highest BCUT2D eigenvalue weighted by Gasteiger charge is 2.15.